The van der Waals surface area contributed by atoms with Crippen LogP contribution in [0.2, 0.25) is 0 Å². The molecule has 0 radical (unpaired) electrons. The van der Waals surface area contributed by atoms with E-state index < -0.39 is 0 Å². The summed E-state index contributed by atoms with van der Waals surface area (Å²) in [4.78, 5) is 26.3. The van der Waals surface area contributed by atoms with E-state index in [0.717, 1.165) is 31.0 Å². The number of nitrogens with zero attached hydrogens (tertiary/aromatic N) is 1. The number of carbonyl (C=O) groups excluding carboxylic acids is 2. The van der Waals surface area contributed by atoms with Crippen molar-refractivity contribution in [3.8, 4) is 0 Å². The van der Waals surface area contributed by atoms with Crippen molar-refractivity contribution in [2.24, 2.45) is 11.8 Å². The normalized spacial score (nSPS) is 24.1. The Kier molecular flexibility index (Phi) is 5.78. The van der Waals surface area contributed by atoms with Crippen molar-refractivity contribution in [3.63, 3.8) is 0 Å². The first kappa shape index (κ1) is 18.0. The molecule has 3 atom stereocenters. The van der Waals surface area contributed by atoms with Gasteiger partial charge in [0.1, 0.15) is 11.5 Å². The van der Waals surface area contributed by atoms with Gasteiger partial charge in [-0.25, -0.2) is 0 Å². The largest absolute Gasteiger partial charge is 0.465 e. The topological polar surface area (TPSA) is 74.6 Å². The first-order valence-electron chi connectivity index (χ1n) is 9.39. The number of nitrogens with one attached hydrogen (secondary N) is 2. The Labute approximate surface area is 149 Å². The molecule has 6 heteroatoms. The molecule has 2 aliphatic rings. The van der Waals surface area contributed by atoms with E-state index in [-0.39, 0.29) is 23.8 Å². The summed E-state index contributed by atoms with van der Waals surface area (Å²) < 4.78 is 5.80. The zero-order chi connectivity index (χ0) is 17.8. The molecular formula is C19H29N3O3. The van der Waals surface area contributed by atoms with Crippen molar-refractivity contribution in [3.05, 3.63) is 23.7 Å². The Morgan fingerprint density at radius 2 is 2.00 bits per heavy atom. The molecule has 1 saturated carbocycles. The average Bonchev–Trinajstić information content (AvgIpc) is 2.97. The van der Waals surface area contributed by atoms with Crippen molar-refractivity contribution < 1.29 is 14.0 Å². The van der Waals surface area contributed by atoms with Gasteiger partial charge in [-0.3, -0.25) is 14.5 Å². The summed E-state index contributed by atoms with van der Waals surface area (Å²) in [5.74, 6) is 2.51. The number of carbonyl (C=O) groups is 2. The SMILES string of the molecule is Cc1ccc([C@@H](CNC(=O)CCNC(=O)[C@@H]2C[C@@H]2C)N2CCCC2)o1. The number of likely N-dealkylation sites (tertiary alicyclic amines) is 1. The molecule has 1 saturated heterocycles. The monoisotopic (exact) mass is 347 g/mol. The Morgan fingerprint density at radius 3 is 2.60 bits per heavy atom. The maximum atomic E-state index is 12.1. The lowest BCUT2D eigenvalue weighted by Gasteiger charge is -2.26. The summed E-state index contributed by atoms with van der Waals surface area (Å²) in [6.45, 7) is 7.03. The molecule has 1 aromatic rings. The predicted molar refractivity (Wildman–Crippen MR) is 94.9 cm³/mol. The summed E-state index contributed by atoms with van der Waals surface area (Å²) in [5, 5.41) is 5.86. The van der Waals surface area contributed by atoms with E-state index in [0.29, 0.717) is 25.4 Å². The standard InChI is InChI=1S/C19H29N3O3/c1-13-11-15(13)19(24)20-8-7-18(23)21-12-16(22-9-3-4-10-22)17-6-5-14(2)25-17/h5-6,13,15-16H,3-4,7-12H2,1-2H3,(H,20,24)(H,21,23)/t13-,15+,16+/m0/s1. The van der Waals surface area contributed by atoms with Gasteiger partial charge in [0, 0.05) is 25.4 Å². The van der Waals surface area contributed by atoms with E-state index in [4.69, 9.17) is 4.42 Å². The van der Waals surface area contributed by atoms with Gasteiger partial charge in [-0.2, -0.15) is 0 Å². The van der Waals surface area contributed by atoms with E-state index in [1.807, 2.05) is 19.1 Å². The maximum absolute atomic E-state index is 12.1. The predicted octanol–water partition coefficient (Wildman–Crippen LogP) is 2.00. The highest BCUT2D eigenvalue weighted by Gasteiger charge is 2.38. The Hall–Kier alpha value is -1.82. The van der Waals surface area contributed by atoms with Crippen LogP contribution in [0.4, 0.5) is 0 Å². The quantitative estimate of drug-likeness (QED) is 0.754. The molecule has 25 heavy (non-hydrogen) atoms. The van der Waals surface area contributed by atoms with Crippen LogP contribution < -0.4 is 10.6 Å². The minimum absolute atomic E-state index is 0.0309. The highest BCUT2D eigenvalue weighted by Crippen LogP contribution is 2.37. The Bertz CT molecular complexity index is 607. The van der Waals surface area contributed by atoms with E-state index in [2.05, 4.69) is 22.5 Å². The van der Waals surface area contributed by atoms with Crippen molar-refractivity contribution in [2.75, 3.05) is 26.2 Å². The van der Waals surface area contributed by atoms with Crippen molar-refractivity contribution in [1.29, 1.82) is 0 Å². The van der Waals surface area contributed by atoms with Gasteiger partial charge >= 0.3 is 0 Å². The second kappa shape index (κ2) is 8.04. The molecule has 138 valence electrons. The van der Waals surface area contributed by atoms with Crippen LogP contribution >= 0.6 is 0 Å². The number of hydrogen-bond acceptors (Lipinski definition) is 4. The first-order chi connectivity index (χ1) is 12.0. The van der Waals surface area contributed by atoms with Crippen molar-refractivity contribution in [2.45, 2.75) is 45.6 Å². The zero-order valence-corrected chi connectivity index (χ0v) is 15.2. The highest BCUT2D eigenvalue weighted by atomic mass is 16.3. The molecule has 0 spiro atoms. The smallest absolute Gasteiger partial charge is 0.223 e. The molecule has 1 aliphatic carbocycles. The van der Waals surface area contributed by atoms with Gasteiger partial charge in [-0.15, -0.1) is 0 Å². The lowest BCUT2D eigenvalue weighted by Crippen LogP contribution is -2.38. The first-order valence-corrected chi connectivity index (χ1v) is 9.39. The molecule has 1 aliphatic heterocycles. The van der Waals surface area contributed by atoms with Crippen molar-refractivity contribution in [1.82, 2.24) is 15.5 Å². The fraction of sp³-hybridized carbons (Fsp3) is 0.684. The van der Waals surface area contributed by atoms with Crippen LogP contribution in [0.3, 0.4) is 0 Å². The van der Waals surface area contributed by atoms with Crippen LogP contribution in [0.5, 0.6) is 0 Å². The summed E-state index contributed by atoms with van der Waals surface area (Å²) in [5.41, 5.74) is 0. The molecule has 0 unspecified atom stereocenters. The molecule has 3 rings (SSSR count). The van der Waals surface area contributed by atoms with Crippen LogP contribution in [0, 0.1) is 18.8 Å². The molecule has 6 nitrogen and oxygen atoms in total. The molecule has 0 aromatic carbocycles. The van der Waals surface area contributed by atoms with E-state index in [1.165, 1.54) is 12.8 Å². The lowest BCUT2D eigenvalue weighted by atomic mass is 10.2. The zero-order valence-electron chi connectivity index (χ0n) is 15.2. The number of furan rings is 1. The third kappa shape index (κ3) is 4.84. The molecule has 2 N–H and O–H groups in total. The Morgan fingerprint density at radius 1 is 1.28 bits per heavy atom. The summed E-state index contributed by atoms with van der Waals surface area (Å²) >= 11 is 0. The van der Waals surface area contributed by atoms with Gasteiger partial charge in [-0.05, 0) is 57.3 Å². The minimum Gasteiger partial charge on any atom is -0.465 e. The van der Waals surface area contributed by atoms with Gasteiger partial charge in [0.2, 0.25) is 11.8 Å². The minimum atomic E-state index is -0.0309. The van der Waals surface area contributed by atoms with Gasteiger partial charge < -0.3 is 15.1 Å². The van der Waals surface area contributed by atoms with E-state index >= 15 is 0 Å². The van der Waals surface area contributed by atoms with Crippen LogP contribution in [0.1, 0.15) is 50.2 Å². The van der Waals surface area contributed by atoms with Crippen LogP contribution in [-0.2, 0) is 9.59 Å². The molecule has 2 fully saturated rings. The number of amides is 2. The number of aryl methyl sites for hydroxylation is 1. The summed E-state index contributed by atoms with van der Waals surface area (Å²) in [7, 11) is 0. The van der Waals surface area contributed by atoms with Crippen molar-refractivity contribution >= 4 is 11.8 Å². The van der Waals surface area contributed by atoms with Gasteiger partial charge in [0.25, 0.3) is 0 Å². The highest BCUT2D eigenvalue weighted by molar-refractivity contribution is 5.82. The second-order valence-corrected chi connectivity index (χ2v) is 7.37. The van der Waals surface area contributed by atoms with E-state index in [9.17, 15) is 9.59 Å². The van der Waals surface area contributed by atoms with Crippen LogP contribution in [0.25, 0.3) is 0 Å². The maximum Gasteiger partial charge on any atom is 0.223 e. The molecule has 1 aromatic heterocycles. The fourth-order valence-electron chi connectivity index (χ4n) is 3.51. The summed E-state index contributed by atoms with van der Waals surface area (Å²) in [6.07, 6.45) is 3.67. The third-order valence-electron chi connectivity index (χ3n) is 5.26. The van der Waals surface area contributed by atoms with Crippen LogP contribution in [0.15, 0.2) is 16.5 Å². The second-order valence-electron chi connectivity index (χ2n) is 7.37. The molecule has 0 bridgehead atoms. The van der Waals surface area contributed by atoms with E-state index in [1.54, 1.807) is 0 Å². The van der Waals surface area contributed by atoms with Gasteiger partial charge in [-0.1, -0.05) is 6.92 Å². The fourth-order valence-corrected chi connectivity index (χ4v) is 3.51. The third-order valence-corrected chi connectivity index (χ3v) is 5.26. The molecular weight excluding hydrogens is 318 g/mol. The number of rotatable bonds is 8. The van der Waals surface area contributed by atoms with Crippen LogP contribution in [-0.4, -0.2) is 42.9 Å². The number of hydrogen-bond donors (Lipinski definition) is 2. The van der Waals surface area contributed by atoms with Gasteiger partial charge in [0.15, 0.2) is 0 Å². The van der Waals surface area contributed by atoms with Gasteiger partial charge in [0.05, 0.1) is 6.04 Å². The Balaban J connectivity index is 1.43. The lowest BCUT2D eigenvalue weighted by molar-refractivity contribution is -0.123. The molecule has 2 heterocycles. The average molecular weight is 347 g/mol. The molecule has 2 amide bonds. The summed E-state index contributed by atoms with van der Waals surface area (Å²) in [6, 6.07) is 4.05.